The molecule has 0 atom stereocenters. The Morgan fingerprint density at radius 2 is 1.82 bits per heavy atom. The highest BCUT2D eigenvalue weighted by molar-refractivity contribution is 7.90. The number of benzene rings is 2. The molecule has 2 aromatic carbocycles. The van der Waals surface area contributed by atoms with E-state index < -0.39 is 28.4 Å². The molecule has 1 aliphatic heterocycles. The van der Waals surface area contributed by atoms with Crippen LogP contribution in [0.2, 0.25) is 0 Å². The number of nitrogens with zero attached hydrogens (tertiary/aromatic N) is 1. The lowest BCUT2D eigenvalue weighted by Gasteiger charge is -2.13. The van der Waals surface area contributed by atoms with E-state index in [1.807, 2.05) is 0 Å². The van der Waals surface area contributed by atoms with Crippen LogP contribution in [0.25, 0.3) is 10.8 Å². The largest absolute Gasteiger partial charge is 0.465 e. The Morgan fingerprint density at radius 3 is 2.45 bits per heavy atom. The summed E-state index contributed by atoms with van der Waals surface area (Å²) < 4.78 is 30.2. The van der Waals surface area contributed by atoms with Crippen molar-refractivity contribution in [3.63, 3.8) is 0 Å². The molecule has 0 aliphatic carbocycles. The van der Waals surface area contributed by atoms with Crippen LogP contribution in [-0.4, -0.2) is 37.8 Å². The first-order valence-corrected chi connectivity index (χ1v) is 8.14. The van der Waals surface area contributed by atoms with Crippen molar-refractivity contribution in [1.29, 1.82) is 0 Å². The van der Waals surface area contributed by atoms with Crippen LogP contribution in [0.5, 0.6) is 0 Å². The first-order valence-electron chi connectivity index (χ1n) is 6.70. The molecule has 22 heavy (non-hydrogen) atoms. The Kier molecular flexibility index (Phi) is 3.37. The van der Waals surface area contributed by atoms with Crippen molar-refractivity contribution in [3.8, 4) is 0 Å². The minimum Gasteiger partial charge on any atom is -0.465 e. The minimum absolute atomic E-state index is 0.0690. The number of carbonyl (C=O) groups is 2. The quantitative estimate of drug-likeness (QED) is 0.802. The van der Waals surface area contributed by atoms with Crippen molar-refractivity contribution in [2.45, 2.75) is 11.8 Å². The van der Waals surface area contributed by atoms with Crippen LogP contribution in [0.4, 0.5) is 0 Å². The van der Waals surface area contributed by atoms with Crippen molar-refractivity contribution in [1.82, 2.24) is 4.31 Å². The van der Waals surface area contributed by atoms with Crippen molar-refractivity contribution >= 4 is 32.7 Å². The summed E-state index contributed by atoms with van der Waals surface area (Å²) in [6.07, 6.45) is 0. The molecule has 0 bridgehead atoms. The Bertz CT molecular complexity index is 888. The second-order valence-electron chi connectivity index (χ2n) is 4.82. The van der Waals surface area contributed by atoms with Gasteiger partial charge in [0.25, 0.3) is 15.9 Å². The molecule has 1 heterocycles. The molecule has 0 aromatic heterocycles. The van der Waals surface area contributed by atoms with Gasteiger partial charge in [0.2, 0.25) is 0 Å². The van der Waals surface area contributed by atoms with Crippen LogP contribution in [0.1, 0.15) is 17.3 Å². The molecular formula is C15H13NO5S. The van der Waals surface area contributed by atoms with Crippen LogP contribution >= 0.6 is 0 Å². The minimum atomic E-state index is -4.02. The summed E-state index contributed by atoms with van der Waals surface area (Å²) in [5.74, 6) is -1.45. The van der Waals surface area contributed by atoms with Gasteiger partial charge in [-0.3, -0.25) is 9.59 Å². The maximum absolute atomic E-state index is 12.5. The smallest absolute Gasteiger partial charge is 0.326 e. The molecule has 1 aliphatic rings. The SMILES string of the molecule is CCOC(=O)CN1C(=O)c2cc3ccccc3cc2S1(=O)=O. The highest BCUT2D eigenvalue weighted by Gasteiger charge is 2.42. The van der Waals surface area contributed by atoms with Gasteiger partial charge >= 0.3 is 5.97 Å². The number of esters is 1. The van der Waals surface area contributed by atoms with E-state index in [4.69, 9.17) is 4.74 Å². The van der Waals surface area contributed by atoms with Crippen LogP contribution in [0, 0.1) is 0 Å². The number of fused-ring (bicyclic) bond motifs is 2. The molecule has 0 N–H and O–H groups in total. The maximum Gasteiger partial charge on any atom is 0.326 e. The third-order valence-electron chi connectivity index (χ3n) is 3.45. The van der Waals surface area contributed by atoms with E-state index in [-0.39, 0.29) is 17.1 Å². The Labute approximate surface area is 127 Å². The predicted octanol–water partition coefficient (Wildman–Crippen LogP) is 1.55. The number of sulfonamides is 1. The van der Waals surface area contributed by atoms with Gasteiger partial charge in [-0.2, -0.15) is 0 Å². The van der Waals surface area contributed by atoms with Gasteiger partial charge in [0, 0.05) is 0 Å². The molecule has 0 unspecified atom stereocenters. The van der Waals surface area contributed by atoms with Crippen LogP contribution in [0.15, 0.2) is 41.3 Å². The first-order chi connectivity index (χ1) is 10.4. The van der Waals surface area contributed by atoms with Crippen LogP contribution in [-0.2, 0) is 19.6 Å². The average molecular weight is 319 g/mol. The van der Waals surface area contributed by atoms with Crippen molar-refractivity contribution in [2.75, 3.05) is 13.2 Å². The number of amides is 1. The van der Waals surface area contributed by atoms with E-state index in [1.165, 1.54) is 12.1 Å². The van der Waals surface area contributed by atoms with Gasteiger partial charge in [0.05, 0.1) is 12.2 Å². The zero-order chi connectivity index (χ0) is 15.9. The van der Waals surface area contributed by atoms with E-state index in [1.54, 1.807) is 31.2 Å². The fraction of sp³-hybridized carbons (Fsp3) is 0.200. The van der Waals surface area contributed by atoms with Crippen molar-refractivity contribution < 1.29 is 22.7 Å². The van der Waals surface area contributed by atoms with Crippen LogP contribution in [0.3, 0.4) is 0 Å². The summed E-state index contributed by atoms with van der Waals surface area (Å²) in [6, 6.07) is 10.2. The molecule has 0 spiro atoms. The molecule has 0 saturated carbocycles. The lowest BCUT2D eigenvalue weighted by Crippen LogP contribution is -2.35. The Balaban J connectivity index is 2.10. The average Bonchev–Trinajstić information content (AvgIpc) is 2.67. The molecular weight excluding hydrogens is 306 g/mol. The van der Waals surface area contributed by atoms with E-state index in [0.29, 0.717) is 4.31 Å². The standard InChI is InChI=1S/C15H13NO5S/c1-2-21-14(17)9-16-15(18)12-7-10-5-3-4-6-11(10)8-13(12)22(16,19)20/h3-8H,2,9H2,1H3. The highest BCUT2D eigenvalue weighted by Crippen LogP contribution is 2.33. The molecule has 6 nitrogen and oxygen atoms in total. The lowest BCUT2D eigenvalue weighted by atomic mass is 10.1. The van der Waals surface area contributed by atoms with Gasteiger partial charge in [-0.15, -0.1) is 0 Å². The van der Waals surface area contributed by atoms with Gasteiger partial charge in [-0.05, 0) is 29.8 Å². The fourth-order valence-electron chi connectivity index (χ4n) is 2.44. The molecule has 114 valence electrons. The summed E-state index contributed by atoms with van der Waals surface area (Å²) in [4.78, 5) is 23.8. The van der Waals surface area contributed by atoms with Gasteiger partial charge in [0.15, 0.2) is 0 Å². The number of rotatable bonds is 3. The zero-order valence-electron chi connectivity index (χ0n) is 11.8. The van der Waals surface area contributed by atoms with Crippen molar-refractivity contribution in [3.05, 3.63) is 42.0 Å². The van der Waals surface area contributed by atoms with Gasteiger partial charge in [0.1, 0.15) is 11.4 Å². The molecule has 7 heteroatoms. The first kappa shape index (κ1) is 14.5. The highest BCUT2D eigenvalue weighted by atomic mass is 32.2. The number of carbonyl (C=O) groups excluding carboxylic acids is 2. The number of hydrogen-bond donors (Lipinski definition) is 0. The molecule has 0 saturated heterocycles. The summed E-state index contributed by atoms with van der Waals surface area (Å²) in [5.41, 5.74) is 0.0861. The molecule has 3 rings (SSSR count). The Morgan fingerprint density at radius 1 is 1.18 bits per heavy atom. The van der Waals surface area contributed by atoms with E-state index >= 15 is 0 Å². The third kappa shape index (κ3) is 2.14. The molecule has 0 radical (unpaired) electrons. The van der Waals surface area contributed by atoms with Crippen LogP contribution < -0.4 is 0 Å². The number of hydrogen-bond acceptors (Lipinski definition) is 5. The summed E-state index contributed by atoms with van der Waals surface area (Å²) >= 11 is 0. The van der Waals surface area contributed by atoms with E-state index in [2.05, 4.69) is 0 Å². The maximum atomic E-state index is 12.5. The van der Waals surface area contributed by atoms with Gasteiger partial charge < -0.3 is 4.74 Å². The Hall–Kier alpha value is -2.41. The normalized spacial score (nSPS) is 15.9. The number of ether oxygens (including phenoxy) is 1. The third-order valence-corrected chi connectivity index (χ3v) is 5.22. The van der Waals surface area contributed by atoms with E-state index in [9.17, 15) is 18.0 Å². The summed E-state index contributed by atoms with van der Waals surface area (Å²) in [7, 11) is -4.02. The summed E-state index contributed by atoms with van der Waals surface area (Å²) in [6.45, 7) is 1.12. The molecule has 2 aromatic rings. The lowest BCUT2D eigenvalue weighted by molar-refractivity contribution is -0.142. The van der Waals surface area contributed by atoms with Crippen molar-refractivity contribution in [2.24, 2.45) is 0 Å². The second-order valence-corrected chi connectivity index (χ2v) is 6.65. The fourth-order valence-corrected chi connectivity index (χ4v) is 3.97. The summed E-state index contributed by atoms with van der Waals surface area (Å²) in [5, 5.41) is 1.48. The van der Waals surface area contributed by atoms with Gasteiger partial charge in [-0.1, -0.05) is 24.3 Å². The zero-order valence-corrected chi connectivity index (χ0v) is 12.6. The van der Waals surface area contributed by atoms with E-state index in [0.717, 1.165) is 10.8 Å². The molecule has 0 fully saturated rings. The van der Waals surface area contributed by atoms with Gasteiger partial charge in [-0.25, -0.2) is 12.7 Å². The monoisotopic (exact) mass is 319 g/mol. The second kappa shape index (κ2) is 5.10. The topological polar surface area (TPSA) is 80.8 Å². The predicted molar refractivity (Wildman–Crippen MR) is 78.8 cm³/mol. The molecule has 1 amide bonds.